The molecule has 1 rings (SSSR count). The molecule has 1 amide bonds. The van der Waals surface area contributed by atoms with Gasteiger partial charge in [0.1, 0.15) is 0 Å². The minimum absolute atomic E-state index is 0.0148. The van der Waals surface area contributed by atoms with Crippen molar-refractivity contribution < 1.29 is 19.6 Å². The second-order valence-corrected chi connectivity index (χ2v) is 3.96. The van der Waals surface area contributed by atoms with Crippen LogP contribution in [0.1, 0.15) is 16.8 Å². The minimum atomic E-state index is -1.37. The number of carbonyl (C=O) groups excluding carboxylic acids is 1. The number of carboxylic acids is 1. The summed E-state index contributed by atoms with van der Waals surface area (Å²) in [6.45, 7) is 0.0765. The first kappa shape index (κ1) is 14.7. The fourth-order valence-electron chi connectivity index (χ4n) is 1.36. The van der Waals surface area contributed by atoms with Gasteiger partial charge >= 0.3 is 5.97 Å². The zero-order chi connectivity index (χ0) is 14.6. The number of non-ortho nitro benzene ring substituents is 1. The number of hydrogen-bond acceptors (Lipinski definition) is 5. The van der Waals surface area contributed by atoms with Crippen LogP contribution < -0.4 is 11.1 Å². The predicted molar refractivity (Wildman–Crippen MR) is 67.4 cm³/mol. The molecule has 19 heavy (non-hydrogen) atoms. The highest BCUT2D eigenvalue weighted by Crippen LogP contribution is 2.31. The van der Waals surface area contributed by atoms with E-state index in [-0.39, 0.29) is 29.2 Å². The lowest BCUT2D eigenvalue weighted by Gasteiger charge is -2.10. The van der Waals surface area contributed by atoms with Crippen molar-refractivity contribution >= 4 is 34.9 Å². The second kappa shape index (κ2) is 6.01. The van der Waals surface area contributed by atoms with Gasteiger partial charge in [0.2, 0.25) is 5.91 Å². The summed E-state index contributed by atoms with van der Waals surface area (Å²) in [6, 6.07) is 1.92. The third-order valence-electron chi connectivity index (χ3n) is 2.19. The minimum Gasteiger partial charge on any atom is -0.478 e. The molecule has 0 aliphatic heterocycles. The van der Waals surface area contributed by atoms with E-state index >= 15 is 0 Å². The molecule has 1 aromatic rings. The first-order valence-corrected chi connectivity index (χ1v) is 5.44. The number of aromatic carboxylic acids is 1. The summed E-state index contributed by atoms with van der Waals surface area (Å²) in [4.78, 5) is 31.5. The maximum Gasteiger partial charge on any atom is 0.338 e. The fraction of sp³-hybridized carbons (Fsp3) is 0.200. The molecule has 4 N–H and O–H groups in total. The zero-order valence-electron chi connectivity index (χ0n) is 9.55. The third-order valence-corrected chi connectivity index (χ3v) is 2.49. The maximum absolute atomic E-state index is 11.0. The van der Waals surface area contributed by atoms with Crippen LogP contribution in [0.5, 0.6) is 0 Å². The van der Waals surface area contributed by atoms with Crippen LogP contribution in [-0.2, 0) is 4.79 Å². The van der Waals surface area contributed by atoms with Crippen molar-refractivity contribution in [1.29, 1.82) is 0 Å². The summed E-state index contributed by atoms with van der Waals surface area (Å²) in [5.74, 6) is -1.94. The number of amides is 1. The summed E-state index contributed by atoms with van der Waals surface area (Å²) in [6.07, 6.45) is -0.0215. The van der Waals surface area contributed by atoms with Crippen LogP contribution in [0.3, 0.4) is 0 Å². The van der Waals surface area contributed by atoms with Crippen LogP contribution in [0.15, 0.2) is 12.1 Å². The van der Waals surface area contributed by atoms with Crippen molar-refractivity contribution in [1.82, 2.24) is 0 Å². The van der Waals surface area contributed by atoms with Gasteiger partial charge in [-0.2, -0.15) is 0 Å². The number of primary amides is 1. The first-order valence-electron chi connectivity index (χ1n) is 5.06. The van der Waals surface area contributed by atoms with Gasteiger partial charge in [0, 0.05) is 25.1 Å². The quantitative estimate of drug-likeness (QED) is 0.532. The molecule has 0 atom stereocenters. The van der Waals surface area contributed by atoms with E-state index in [1.807, 2.05) is 0 Å². The highest BCUT2D eigenvalue weighted by Gasteiger charge is 2.19. The molecule has 0 spiro atoms. The van der Waals surface area contributed by atoms with Gasteiger partial charge in [0.05, 0.1) is 21.2 Å². The normalized spacial score (nSPS) is 9.95. The number of nitrogens with two attached hydrogens (primary N) is 1. The number of nitrogens with zero attached hydrogens (tertiary/aromatic N) is 1. The Kier molecular flexibility index (Phi) is 4.65. The van der Waals surface area contributed by atoms with E-state index < -0.39 is 22.5 Å². The summed E-state index contributed by atoms with van der Waals surface area (Å²) in [7, 11) is 0. The molecule has 1 aromatic carbocycles. The number of benzene rings is 1. The summed E-state index contributed by atoms with van der Waals surface area (Å²) in [5, 5.41) is 22.1. The number of rotatable bonds is 6. The van der Waals surface area contributed by atoms with E-state index in [1.165, 1.54) is 0 Å². The monoisotopic (exact) mass is 287 g/mol. The van der Waals surface area contributed by atoms with Crippen LogP contribution in [0.25, 0.3) is 0 Å². The number of carboxylic acid groups (broad SMARTS) is 1. The number of anilines is 1. The lowest BCUT2D eigenvalue weighted by molar-refractivity contribution is -0.384. The molecule has 8 nitrogen and oxygen atoms in total. The molecule has 0 bridgehead atoms. The standard InChI is InChI=1S/C10H10ClN3O5/c11-7-4-5(14(18)19)3-6(10(16)17)9(7)13-2-1-8(12)15/h3-4,13H,1-2H2,(H2,12,15)(H,16,17). The molecular formula is C10H10ClN3O5. The average Bonchev–Trinajstić information content (AvgIpc) is 2.29. The maximum atomic E-state index is 11.0. The first-order chi connectivity index (χ1) is 8.82. The van der Waals surface area contributed by atoms with Crippen molar-refractivity contribution in [3.8, 4) is 0 Å². The lowest BCUT2D eigenvalue weighted by Crippen LogP contribution is -2.17. The predicted octanol–water partition coefficient (Wildman–Crippen LogP) is 1.23. The molecule has 0 aromatic heterocycles. The van der Waals surface area contributed by atoms with Crippen molar-refractivity contribution in [2.24, 2.45) is 5.73 Å². The lowest BCUT2D eigenvalue weighted by atomic mass is 10.1. The Labute approximate surface area is 112 Å². The van der Waals surface area contributed by atoms with E-state index in [4.69, 9.17) is 22.4 Å². The number of nitro benzene ring substituents is 1. The Morgan fingerprint density at radius 3 is 2.58 bits per heavy atom. The van der Waals surface area contributed by atoms with E-state index in [0.717, 1.165) is 12.1 Å². The van der Waals surface area contributed by atoms with Gasteiger partial charge in [0.25, 0.3) is 5.69 Å². The molecule has 0 aliphatic carbocycles. The molecule has 0 aliphatic rings. The Morgan fingerprint density at radius 1 is 1.47 bits per heavy atom. The van der Waals surface area contributed by atoms with Crippen molar-refractivity contribution in [3.63, 3.8) is 0 Å². The molecule has 0 fully saturated rings. The molecule has 9 heteroatoms. The van der Waals surface area contributed by atoms with Gasteiger partial charge in [-0.25, -0.2) is 4.79 Å². The second-order valence-electron chi connectivity index (χ2n) is 3.56. The van der Waals surface area contributed by atoms with E-state index in [1.54, 1.807) is 0 Å². The van der Waals surface area contributed by atoms with Crippen LogP contribution in [0, 0.1) is 10.1 Å². The average molecular weight is 288 g/mol. The van der Waals surface area contributed by atoms with E-state index in [2.05, 4.69) is 5.32 Å². The van der Waals surface area contributed by atoms with Gasteiger partial charge in [-0.3, -0.25) is 14.9 Å². The fourth-order valence-corrected chi connectivity index (χ4v) is 1.64. The Hall–Kier alpha value is -2.35. The molecule has 102 valence electrons. The van der Waals surface area contributed by atoms with Crippen LogP contribution in [-0.4, -0.2) is 28.5 Å². The smallest absolute Gasteiger partial charge is 0.338 e. The van der Waals surface area contributed by atoms with Gasteiger partial charge in [-0.15, -0.1) is 0 Å². The summed E-state index contributed by atoms with van der Waals surface area (Å²) >= 11 is 5.79. The number of carbonyl (C=O) groups is 2. The highest BCUT2D eigenvalue weighted by atomic mass is 35.5. The number of hydrogen-bond donors (Lipinski definition) is 3. The highest BCUT2D eigenvalue weighted by molar-refractivity contribution is 6.34. The van der Waals surface area contributed by atoms with Gasteiger partial charge in [-0.1, -0.05) is 11.6 Å². The molecule has 0 unspecified atom stereocenters. The number of halogens is 1. The Bertz CT molecular complexity index is 546. The van der Waals surface area contributed by atoms with Crippen LogP contribution in [0.2, 0.25) is 5.02 Å². The van der Waals surface area contributed by atoms with Gasteiger partial charge in [0.15, 0.2) is 0 Å². The van der Waals surface area contributed by atoms with Crippen LogP contribution in [0.4, 0.5) is 11.4 Å². The molecule has 0 saturated heterocycles. The topological polar surface area (TPSA) is 136 Å². The third kappa shape index (κ3) is 3.81. The van der Waals surface area contributed by atoms with Crippen molar-refractivity contribution in [2.75, 3.05) is 11.9 Å². The molecule has 0 saturated carbocycles. The summed E-state index contributed by atoms with van der Waals surface area (Å²) in [5.41, 5.74) is 4.18. The molecular weight excluding hydrogens is 278 g/mol. The van der Waals surface area contributed by atoms with E-state index in [9.17, 15) is 19.7 Å². The van der Waals surface area contributed by atoms with Crippen molar-refractivity contribution in [3.05, 3.63) is 32.8 Å². The SMILES string of the molecule is NC(=O)CCNc1c(Cl)cc([N+](=O)[O-])cc1C(=O)O. The largest absolute Gasteiger partial charge is 0.478 e. The molecule has 0 heterocycles. The van der Waals surface area contributed by atoms with E-state index in [0.29, 0.717) is 0 Å². The zero-order valence-corrected chi connectivity index (χ0v) is 10.3. The van der Waals surface area contributed by atoms with Crippen molar-refractivity contribution in [2.45, 2.75) is 6.42 Å². The Morgan fingerprint density at radius 2 is 2.11 bits per heavy atom. The Balaban J connectivity index is 3.11. The van der Waals surface area contributed by atoms with Gasteiger partial charge in [-0.05, 0) is 0 Å². The number of nitro groups is 1. The van der Waals surface area contributed by atoms with Gasteiger partial charge < -0.3 is 16.2 Å². The molecule has 0 radical (unpaired) electrons. The number of nitrogens with one attached hydrogen (secondary N) is 1. The van der Waals surface area contributed by atoms with Crippen LogP contribution >= 0.6 is 11.6 Å². The summed E-state index contributed by atoms with van der Waals surface area (Å²) < 4.78 is 0.